The zero-order chi connectivity index (χ0) is 13.4. The molecule has 2 aliphatic rings. The maximum atomic E-state index is 11.5. The van der Waals surface area contributed by atoms with Crippen LogP contribution in [0.25, 0.3) is 0 Å². The van der Waals surface area contributed by atoms with Gasteiger partial charge in [0, 0.05) is 6.42 Å². The van der Waals surface area contributed by atoms with Crippen LogP contribution in [0, 0.1) is 5.41 Å². The van der Waals surface area contributed by atoms with Gasteiger partial charge in [0.25, 0.3) is 0 Å². The number of carboxylic acids is 1. The summed E-state index contributed by atoms with van der Waals surface area (Å²) in [5.74, 6) is -1.32. The number of hydrogen-bond donors (Lipinski definition) is 1. The summed E-state index contributed by atoms with van der Waals surface area (Å²) in [7, 11) is 0. The largest absolute Gasteiger partial charge is 0.480 e. The molecule has 0 amide bonds. The minimum Gasteiger partial charge on any atom is -0.480 e. The fourth-order valence-electron chi connectivity index (χ4n) is 3.05. The maximum absolute atomic E-state index is 11.5. The van der Waals surface area contributed by atoms with Gasteiger partial charge in [-0.3, -0.25) is 9.69 Å². The summed E-state index contributed by atoms with van der Waals surface area (Å²) in [6, 6.07) is -0.498. The van der Waals surface area contributed by atoms with Crippen molar-refractivity contribution in [1.29, 1.82) is 0 Å². The minimum atomic E-state index is -0.766. The molecule has 2 saturated heterocycles. The van der Waals surface area contributed by atoms with E-state index in [-0.39, 0.29) is 5.41 Å². The Hall–Kier alpha value is -0.650. The first-order chi connectivity index (χ1) is 8.34. The molecular weight excluding hydrogens is 234 g/mol. The topological polar surface area (TPSA) is 59.0 Å². The monoisotopic (exact) mass is 257 g/mol. The lowest BCUT2D eigenvalue weighted by atomic mass is 9.84. The van der Waals surface area contributed by atoms with E-state index in [0.29, 0.717) is 19.8 Å². The van der Waals surface area contributed by atoms with E-state index in [1.54, 1.807) is 0 Å². The lowest BCUT2D eigenvalue weighted by molar-refractivity contribution is -0.200. The second-order valence-electron chi connectivity index (χ2n) is 6.29. The smallest absolute Gasteiger partial charge is 0.321 e. The first-order valence-electron chi connectivity index (χ1n) is 6.59. The van der Waals surface area contributed by atoms with Crippen LogP contribution < -0.4 is 0 Å². The fraction of sp³-hybridized carbons (Fsp3) is 0.923. The van der Waals surface area contributed by atoms with E-state index >= 15 is 0 Å². The molecule has 1 N–H and O–H groups in total. The summed E-state index contributed by atoms with van der Waals surface area (Å²) in [4.78, 5) is 13.5. The molecule has 0 aromatic carbocycles. The Morgan fingerprint density at radius 1 is 1.33 bits per heavy atom. The van der Waals surface area contributed by atoms with Crippen LogP contribution in [0.2, 0.25) is 0 Å². The number of carbonyl (C=O) groups is 1. The molecule has 2 aliphatic heterocycles. The van der Waals surface area contributed by atoms with Gasteiger partial charge in [-0.15, -0.1) is 0 Å². The molecule has 2 heterocycles. The third kappa shape index (κ3) is 2.68. The highest BCUT2D eigenvalue weighted by molar-refractivity contribution is 5.74. The molecule has 0 aromatic rings. The van der Waals surface area contributed by atoms with Crippen LogP contribution in [0.4, 0.5) is 0 Å². The van der Waals surface area contributed by atoms with Crippen LogP contribution >= 0.6 is 0 Å². The van der Waals surface area contributed by atoms with Crippen LogP contribution in [0.1, 0.15) is 33.6 Å². The van der Waals surface area contributed by atoms with E-state index in [0.717, 1.165) is 19.4 Å². The molecule has 0 aromatic heterocycles. The highest BCUT2D eigenvalue weighted by Gasteiger charge is 2.46. The molecule has 2 rings (SSSR count). The summed E-state index contributed by atoms with van der Waals surface area (Å²) in [6.45, 7) is 8.46. The van der Waals surface area contributed by atoms with Crippen LogP contribution in [0.3, 0.4) is 0 Å². The van der Waals surface area contributed by atoms with Gasteiger partial charge >= 0.3 is 5.97 Å². The molecule has 0 bridgehead atoms. The summed E-state index contributed by atoms with van der Waals surface area (Å²) in [5.41, 5.74) is -0.303. The van der Waals surface area contributed by atoms with Crippen molar-refractivity contribution in [3.8, 4) is 0 Å². The van der Waals surface area contributed by atoms with E-state index in [1.165, 1.54) is 0 Å². The standard InChI is InChI=1S/C13H23NO4/c1-12(2,3)10(11(15)16)14-6-4-5-13(9-14)17-7-8-18-13/h10H,4-9H2,1-3H3,(H,15,16). The quantitative estimate of drug-likeness (QED) is 0.808. The number of aliphatic carboxylic acids is 1. The summed E-state index contributed by atoms with van der Waals surface area (Å²) in [6.07, 6.45) is 1.78. The molecular formula is C13H23NO4. The first kappa shape index (κ1) is 13.8. The highest BCUT2D eigenvalue weighted by Crippen LogP contribution is 2.34. The van der Waals surface area contributed by atoms with Crippen LogP contribution in [-0.2, 0) is 14.3 Å². The minimum absolute atomic E-state index is 0.303. The molecule has 104 valence electrons. The first-order valence-corrected chi connectivity index (χ1v) is 6.59. The average molecular weight is 257 g/mol. The lowest BCUT2D eigenvalue weighted by Gasteiger charge is -2.44. The number of hydrogen-bond acceptors (Lipinski definition) is 4. The van der Waals surface area contributed by atoms with Crippen molar-refractivity contribution in [3.63, 3.8) is 0 Å². The molecule has 0 aliphatic carbocycles. The van der Waals surface area contributed by atoms with Gasteiger partial charge in [-0.2, -0.15) is 0 Å². The zero-order valence-electron chi connectivity index (χ0n) is 11.4. The Kier molecular flexibility index (Phi) is 3.67. The maximum Gasteiger partial charge on any atom is 0.321 e. The second kappa shape index (κ2) is 4.79. The summed E-state index contributed by atoms with van der Waals surface area (Å²) >= 11 is 0. The van der Waals surface area contributed by atoms with Crippen LogP contribution in [0.5, 0.6) is 0 Å². The predicted molar refractivity (Wildman–Crippen MR) is 66.3 cm³/mol. The Labute approximate surface area is 108 Å². The van der Waals surface area contributed by atoms with E-state index in [1.807, 2.05) is 25.7 Å². The molecule has 18 heavy (non-hydrogen) atoms. The third-order valence-electron chi connectivity index (χ3n) is 3.68. The SMILES string of the molecule is CC(C)(C)C(C(=O)O)N1CCCC2(C1)OCCO2. The number of likely N-dealkylation sites (tertiary alicyclic amines) is 1. The predicted octanol–water partition coefficient (Wildman–Crippen LogP) is 1.32. The van der Waals surface area contributed by atoms with Gasteiger partial charge in [0.15, 0.2) is 5.79 Å². The van der Waals surface area contributed by atoms with Crippen molar-refractivity contribution >= 4 is 5.97 Å². The number of nitrogens with zero attached hydrogens (tertiary/aromatic N) is 1. The average Bonchev–Trinajstić information content (AvgIpc) is 2.63. The molecule has 0 radical (unpaired) electrons. The fourth-order valence-corrected chi connectivity index (χ4v) is 3.05. The zero-order valence-corrected chi connectivity index (χ0v) is 11.4. The van der Waals surface area contributed by atoms with Crippen molar-refractivity contribution in [1.82, 2.24) is 4.90 Å². The van der Waals surface area contributed by atoms with Crippen molar-refractivity contribution in [2.24, 2.45) is 5.41 Å². The van der Waals surface area contributed by atoms with Crippen molar-refractivity contribution in [2.45, 2.75) is 45.4 Å². The van der Waals surface area contributed by atoms with Gasteiger partial charge in [0.1, 0.15) is 6.04 Å². The highest BCUT2D eigenvalue weighted by atomic mass is 16.7. The molecule has 5 heteroatoms. The van der Waals surface area contributed by atoms with E-state index in [9.17, 15) is 9.90 Å². The molecule has 1 spiro atoms. The van der Waals surface area contributed by atoms with Crippen LogP contribution in [-0.4, -0.2) is 54.1 Å². The molecule has 2 fully saturated rings. The van der Waals surface area contributed by atoms with Crippen molar-refractivity contribution in [3.05, 3.63) is 0 Å². The molecule has 1 unspecified atom stereocenters. The van der Waals surface area contributed by atoms with Crippen LogP contribution in [0.15, 0.2) is 0 Å². The van der Waals surface area contributed by atoms with Crippen molar-refractivity contribution in [2.75, 3.05) is 26.3 Å². The second-order valence-corrected chi connectivity index (χ2v) is 6.29. The summed E-state index contributed by atoms with van der Waals surface area (Å²) in [5, 5.41) is 9.47. The number of carboxylic acid groups (broad SMARTS) is 1. The summed E-state index contributed by atoms with van der Waals surface area (Å²) < 4.78 is 11.4. The van der Waals surface area contributed by atoms with Gasteiger partial charge in [-0.25, -0.2) is 0 Å². The third-order valence-corrected chi connectivity index (χ3v) is 3.68. The Bertz CT molecular complexity index is 317. The Morgan fingerprint density at radius 3 is 2.44 bits per heavy atom. The molecule has 1 atom stereocenters. The Morgan fingerprint density at radius 2 is 1.94 bits per heavy atom. The normalized spacial score (nSPS) is 26.4. The number of ether oxygens (including phenoxy) is 2. The lowest BCUT2D eigenvalue weighted by Crippen LogP contribution is -2.58. The number of piperidine rings is 1. The van der Waals surface area contributed by atoms with Gasteiger partial charge in [0.2, 0.25) is 0 Å². The molecule has 5 nitrogen and oxygen atoms in total. The molecule has 0 saturated carbocycles. The van der Waals surface area contributed by atoms with Crippen molar-refractivity contribution < 1.29 is 19.4 Å². The van der Waals surface area contributed by atoms with Gasteiger partial charge in [0.05, 0.1) is 19.8 Å². The van der Waals surface area contributed by atoms with E-state index < -0.39 is 17.8 Å². The van der Waals surface area contributed by atoms with Gasteiger partial charge in [-0.1, -0.05) is 20.8 Å². The van der Waals surface area contributed by atoms with Gasteiger partial charge in [-0.05, 0) is 18.4 Å². The van der Waals surface area contributed by atoms with E-state index in [4.69, 9.17) is 9.47 Å². The van der Waals surface area contributed by atoms with E-state index in [2.05, 4.69) is 0 Å². The van der Waals surface area contributed by atoms with Gasteiger partial charge < -0.3 is 14.6 Å². The number of rotatable bonds is 2. The Balaban J connectivity index is 2.13.